The molecular weight excluding hydrogens is 208 g/mol. The highest BCUT2D eigenvalue weighted by molar-refractivity contribution is 5.89. The molecule has 0 fully saturated rings. The maximum absolute atomic E-state index is 10.9. The number of hydrogen-bond donors (Lipinski definition) is 1. The number of hydrogen-bond acceptors (Lipinski definition) is 3. The number of carboxylic acid groups (broad SMARTS) is 1. The summed E-state index contributed by atoms with van der Waals surface area (Å²) >= 11 is 0. The number of carbonyl (C=O) groups is 2. The molecule has 4 heteroatoms. The lowest BCUT2D eigenvalue weighted by atomic mass is 10.0. The van der Waals surface area contributed by atoms with Gasteiger partial charge in [0, 0.05) is 6.08 Å². The van der Waals surface area contributed by atoms with Crippen LogP contribution in [0.25, 0.3) is 6.08 Å². The Morgan fingerprint density at radius 3 is 2.56 bits per heavy atom. The molecular formula is C12H12O4. The Balaban J connectivity index is 2.95. The molecule has 4 nitrogen and oxygen atoms in total. The minimum Gasteiger partial charge on any atom is -0.478 e. The monoisotopic (exact) mass is 220 g/mol. The topological polar surface area (TPSA) is 63.6 Å². The van der Waals surface area contributed by atoms with Gasteiger partial charge in [-0.25, -0.2) is 9.59 Å². The summed E-state index contributed by atoms with van der Waals surface area (Å²) in [5.74, 6) is -1.41. The van der Waals surface area contributed by atoms with Crippen LogP contribution in [-0.4, -0.2) is 24.2 Å². The molecule has 0 aliphatic heterocycles. The van der Waals surface area contributed by atoms with Crippen LogP contribution < -0.4 is 0 Å². The van der Waals surface area contributed by atoms with Gasteiger partial charge >= 0.3 is 11.9 Å². The van der Waals surface area contributed by atoms with Crippen molar-refractivity contribution in [1.29, 1.82) is 0 Å². The highest BCUT2D eigenvalue weighted by Crippen LogP contribution is 2.12. The van der Waals surface area contributed by atoms with Crippen LogP contribution in [0.15, 0.2) is 24.3 Å². The van der Waals surface area contributed by atoms with Crippen molar-refractivity contribution in [3.8, 4) is 0 Å². The van der Waals surface area contributed by atoms with Crippen molar-refractivity contribution >= 4 is 18.0 Å². The summed E-state index contributed by atoms with van der Waals surface area (Å²) in [6.07, 6.45) is 2.88. The fourth-order valence-electron chi connectivity index (χ4n) is 1.22. The summed E-state index contributed by atoms with van der Waals surface area (Å²) < 4.78 is 4.45. The Kier molecular flexibility index (Phi) is 3.83. The smallest absolute Gasteiger partial charge is 0.335 e. The summed E-state index contributed by atoms with van der Waals surface area (Å²) in [7, 11) is 1.30. The maximum Gasteiger partial charge on any atom is 0.335 e. The van der Waals surface area contributed by atoms with E-state index in [4.69, 9.17) is 5.11 Å². The highest BCUT2D eigenvalue weighted by Gasteiger charge is 2.04. The molecule has 1 rings (SSSR count). The number of rotatable bonds is 3. The number of methoxy groups -OCH3 is 1. The standard InChI is InChI=1S/C12H12O4/c1-8-7-10(12(14)15)4-3-9(8)5-6-11(13)16-2/h3-7H,1-2H3,(H,14,15). The van der Waals surface area contributed by atoms with E-state index in [2.05, 4.69) is 4.74 Å². The first kappa shape index (κ1) is 12.0. The van der Waals surface area contributed by atoms with Crippen LogP contribution in [0.3, 0.4) is 0 Å². The van der Waals surface area contributed by atoms with E-state index in [1.54, 1.807) is 25.1 Å². The van der Waals surface area contributed by atoms with E-state index in [0.29, 0.717) is 0 Å². The zero-order chi connectivity index (χ0) is 12.1. The molecule has 1 N–H and O–H groups in total. The van der Waals surface area contributed by atoms with Crippen molar-refractivity contribution < 1.29 is 19.4 Å². The van der Waals surface area contributed by atoms with Crippen molar-refractivity contribution in [2.45, 2.75) is 6.92 Å². The molecule has 0 bridgehead atoms. The fourth-order valence-corrected chi connectivity index (χ4v) is 1.22. The van der Waals surface area contributed by atoms with Gasteiger partial charge in [0.05, 0.1) is 12.7 Å². The summed E-state index contributed by atoms with van der Waals surface area (Å²) in [6.45, 7) is 1.78. The molecule has 0 spiro atoms. The molecule has 0 atom stereocenters. The highest BCUT2D eigenvalue weighted by atomic mass is 16.5. The van der Waals surface area contributed by atoms with E-state index in [-0.39, 0.29) is 5.56 Å². The molecule has 16 heavy (non-hydrogen) atoms. The van der Waals surface area contributed by atoms with Crippen LogP contribution in [0.4, 0.5) is 0 Å². The van der Waals surface area contributed by atoms with Gasteiger partial charge in [-0.1, -0.05) is 6.07 Å². The van der Waals surface area contributed by atoms with Gasteiger partial charge < -0.3 is 9.84 Å². The largest absolute Gasteiger partial charge is 0.478 e. The molecule has 0 aromatic heterocycles. The van der Waals surface area contributed by atoms with E-state index in [1.165, 1.54) is 19.3 Å². The zero-order valence-corrected chi connectivity index (χ0v) is 9.06. The predicted molar refractivity (Wildman–Crippen MR) is 59.2 cm³/mol. The van der Waals surface area contributed by atoms with Gasteiger partial charge in [0.15, 0.2) is 0 Å². The van der Waals surface area contributed by atoms with Crippen molar-refractivity contribution in [1.82, 2.24) is 0 Å². The van der Waals surface area contributed by atoms with E-state index in [0.717, 1.165) is 11.1 Å². The quantitative estimate of drug-likeness (QED) is 0.624. The number of aromatic carboxylic acids is 1. The van der Waals surface area contributed by atoms with Gasteiger partial charge in [-0.2, -0.15) is 0 Å². The van der Waals surface area contributed by atoms with Gasteiger partial charge in [0.2, 0.25) is 0 Å². The predicted octanol–water partition coefficient (Wildman–Crippen LogP) is 1.88. The Hall–Kier alpha value is -2.10. The third-order valence-corrected chi connectivity index (χ3v) is 2.12. The summed E-state index contributed by atoms with van der Waals surface area (Å²) in [5.41, 5.74) is 1.81. The maximum atomic E-state index is 10.9. The zero-order valence-electron chi connectivity index (χ0n) is 9.06. The molecule has 0 heterocycles. The van der Waals surface area contributed by atoms with Crippen molar-refractivity contribution in [2.24, 2.45) is 0 Å². The summed E-state index contributed by atoms with van der Waals surface area (Å²) in [4.78, 5) is 21.6. The van der Waals surface area contributed by atoms with Crippen molar-refractivity contribution in [2.75, 3.05) is 7.11 Å². The molecule has 84 valence electrons. The fraction of sp³-hybridized carbons (Fsp3) is 0.167. The third kappa shape index (κ3) is 2.95. The SMILES string of the molecule is COC(=O)C=Cc1ccc(C(=O)O)cc1C. The summed E-state index contributed by atoms with van der Waals surface area (Å²) in [5, 5.41) is 8.76. The normalized spacial score (nSPS) is 10.4. The minimum absolute atomic E-state index is 0.229. The number of ether oxygens (including phenoxy) is 1. The molecule has 0 saturated heterocycles. The van der Waals surface area contributed by atoms with Crippen LogP contribution in [0.5, 0.6) is 0 Å². The molecule has 0 radical (unpaired) electrons. The van der Waals surface area contributed by atoms with Gasteiger partial charge in [-0.15, -0.1) is 0 Å². The lowest BCUT2D eigenvalue weighted by Gasteiger charge is -2.01. The first-order chi connectivity index (χ1) is 7.54. The molecule has 1 aromatic rings. The van der Waals surface area contributed by atoms with Gasteiger partial charge in [0.1, 0.15) is 0 Å². The van der Waals surface area contributed by atoms with Crippen LogP contribution in [-0.2, 0) is 9.53 Å². The first-order valence-electron chi connectivity index (χ1n) is 4.64. The molecule has 0 aliphatic rings. The van der Waals surface area contributed by atoms with Crippen LogP contribution in [0.1, 0.15) is 21.5 Å². The molecule has 1 aromatic carbocycles. The van der Waals surface area contributed by atoms with Crippen LogP contribution >= 0.6 is 0 Å². The number of carboxylic acids is 1. The Labute approximate surface area is 93.2 Å². The lowest BCUT2D eigenvalue weighted by Crippen LogP contribution is -1.97. The Morgan fingerprint density at radius 1 is 1.38 bits per heavy atom. The van der Waals surface area contributed by atoms with Gasteiger partial charge in [0.25, 0.3) is 0 Å². The average molecular weight is 220 g/mol. The average Bonchev–Trinajstić information content (AvgIpc) is 2.26. The number of carbonyl (C=O) groups excluding carboxylic acids is 1. The van der Waals surface area contributed by atoms with Crippen molar-refractivity contribution in [3.63, 3.8) is 0 Å². The number of benzene rings is 1. The summed E-state index contributed by atoms with van der Waals surface area (Å²) in [6, 6.07) is 4.70. The van der Waals surface area contributed by atoms with Gasteiger partial charge in [-0.05, 0) is 36.3 Å². The van der Waals surface area contributed by atoms with E-state index in [9.17, 15) is 9.59 Å². The van der Waals surface area contributed by atoms with Crippen molar-refractivity contribution in [3.05, 3.63) is 41.0 Å². The minimum atomic E-state index is -0.966. The third-order valence-electron chi connectivity index (χ3n) is 2.12. The Morgan fingerprint density at radius 2 is 2.06 bits per heavy atom. The molecule has 0 saturated carbocycles. The van der Waals surface area contributed by atoms with Gasteiger partial charge in [-0.3, -0.25) is 0 Å². The lowest BCUT2D eigenvalue weighted by molar-refractivity contribution is -0.134. The number of aryl methyl sites for hydroxylation is 1. The van der Waals surface area contributed by atoms with Crippen LogP contribution in [0.2, 0.25) is 0 Å². The van der Waals surface area contributed by atoms with E-state index >= 15 is 0 Å². The van der Waals surface area contributed by atoms with E-state index in [1.807, 2.05) is 0 Å². The molecule has 0 unspecified atom stereocenters. The molecule has 0 aliphatic carbocycles. The number of esters is 1. The Bertz CT molecular complexity index is 446. The first-order valence-corrected chi connectivity index (χ1v) is 4.64. The second-order valence-corrected chi connectivity index (χ2v) is 3.23. The van der Waals surface area contributed by atoms with E-state index < -0.39 is 11.9 Å². The van der Waals surface area contributed by atoms with Crippen LogP contribution in [0, 0.1) is 6.92 Å². The molecule has 0 amide bonds. The second-order valence-electron chi connectivity index (χ2n) is 3.23. The second kappa shape index (κ2) is 5.11.